The minimum absolute atomic E-state index is 0.754. The molecular formula is C15H17ClN4S. The first-order valence-electron chi connectivity index (χ1n) is 6.70. The van der Waals surface area contributed by atoms with Crippen LogP contribution in [0.4, 0.5) is 5.82 Å². The summed E-state index contributed by atoms with van der Waals surface area (Å²) in [5, 5.41) is 4.04. The lowest BCUT2D eigenvalue weighted by Crippen LogP contribution is -2.20. The molecule has 0 aliphatic heterocycles. The Labute approximate surface area is 133 Å². The van der Waals surface area contributed by atoms with E-state index < -0.39 is 0 Å². The summed E-state index contributed by atoms with van der Waals surface area (Å²) >= 11 is 7.73. The molecule has 3 aromatic heterocycles. The maximum absolute atomic E-state index is 6.06. The Morgan fingerprint density at radius 3 is 2.76 bits per heavy atom. The number of anilines is 1. The van der Waals surface area contributed by atoms with E-state index in [9.17, 15) is 0 Å². The van der Waals surface area contributed by atoms with Crippen LogP contribution in [-0.4, -0.2) is 21.6 Å². The zero-order valence-corrected chi connectivity index (χ0v) is 14.1. The molecule has 0 N–H and O–H groups in total. The highest BCUT2D eigenvalue weighted by molar-refractivity contribution is 7.17. The number of nitrogens with zero attached hydrogens (tertiary/aromatic N) is 4. The van der Waals surface area contributed by atoms with Crippen LogP contribution in [0.25, 0.3) is 10.2 Å². The summed E-state index contributed by atoms with van der Waals surface area (Å²) in [7, 11) is 4.06. The number of hydrogen-bond donors (Lipinski definition) is 0. The number of halogens is 1. The quantitative estimate of drug-likeness (QED) is 0.733. The average Bonchev–Trinajstić information content (AvgIpc) is 2.92. The van der Waals surface area contributed by atoms with Crippen LogP contribution < -0.4 is 4.90 Å². The van der Waals surface area contributed by atoms with Gasteiger partial charge in [-0.1, -0.05) is 11.6 Å². The second-order valence-corrected chi connectivity index (χ2v) is 6.60. The minimum Gasteiger partial charge on any atom is -0.353 e. The van der Waals surface area contributed by atoms with E-state index in [2.05, 4.69) is 34.2 Å². The lowest BCUT2D eigenvalue weighted by atomic mass is 10.2. The minimum atomic E-state index is 0.754. The summed E-state index contributed by atoms with van der Waals surface area (Å²) in [6.45, 7) is 4.80. The molecule has 0 unspecified atom stereocenters. The van der Waals surface area contributed by atoms with Gasteiger partial charge in [-0.15, -0.1) is 11.3 Å². The van der Waals surface area contributed by atoms with Crippen LogP contribution in [0.1, 0.15) is 17.1 Å². The first kappa shape index (κ1) is 14.4. The molecule has 3 rings (SSSR count). The Kier molecular flexibility index (Phi) is 3.63. The monoisotopic (exact) mass is 320 g/mol. The molecule has 0 aliphatic carbocycles. The first-order chi connectivity index (χ1) is 9.95. The average molecular weight is 321 g/mol. The molecule has 0 amide bonds. The summed E-state index contributed by atoms with van der Waals surface area (Å²) in [5.41, 5.74) is 2.38. The first-order valence-corrected chi connectivity index (χ1v) is 7.96. The van der Waals surface area contributed by atoms with Crippen LogP contribution in [0, 0.1) is 13.8 Å². The van der Waals surface area contributed by atoms with Gasteiger partial charge in [0.1, 0.15) is 16.5 Å². The molecule has 4 nitrogen and oxygen atoms in total. The predicted molar refractivity (Wildman–Crippen MR) is 89.4 cm³/mol. The van der Waals surface area contributed by atoms with Crippen molar-refractivity contribution in [2.75, 3.05) is 11.9 Å². The van der Waals surface area contributed by atoms with Gasteiger partial charge in [-0.05, 0) is 30.9 Å². The Balaban J connectivity index is 2.03. The summed E-state index contributed by atoms with van der Waals surface area (Å²) < 4.78 is 2.05. The van der Waals surface area contributed by atoms with Crippen molar-refractivity contribution in [2.24, 2.45) is 7.05 Å². The maximum atomic E-state index is 6.06. The highest BCUT2D eigenvalue weighted by Gasteiger charge is 2.15. The van der Waals surface area contributed by atoms with Gasteiger partial charge in [0, 0.05) is 26.0 Å². The maximum Gasteiger partial charge on any atom is 0.141 e. The number of rotatable bonds is 3. The number of thiophene rings is 1. The van der Waals surface area contributed by atoms with Crippen LogP contribution in [0.3, 0.4) is 0 Å². The van der Waals surface area contributed by atoms with Gasteiger partial charge in [0.15, 0.2) is 0 Å². The van der Waals surface area contributed by atoms with E-state index in [4.69, 9.17) is 11.6 Å². The van der Waals surface area contributed by atoms with Gasteiger partial charge in [0.25, 0.3) is 0 Å². The third kappa shape index (κ3) is 2.63. The third-order valence-corrected chi connectivity index (χ3v) is 4.74. The zero-order chi connectivity index (χ0) is 15.1. The van der Waals surface area contributed by atoms with Crippen molar-refractivity contribution in [3.8, 4) is 0 Å². The van der Waals surface area contributed by atoms with Crippen LogP contribution in [-0.2, 0) is 13.6 Å². The largest absolute Gasteiger partial charge is 0.353 e. The van der Waals surface area contributed by atoms with Gasteiger partial charge >= 0.3 is 0 Å². The van der Waals surface area contributed by atoms with Gasteiger partial charge in [-0.25, -0.2) is 9.97 Å². The highest BCUT2D eigenvalue weighted by Crippen LogP contribution is 2.31. The van der Waals surface area contributed by atoms with Crippen molar-refractivity contribution < 1.29 is 0 Å². The number of aromatic nitrogens is 3. The molecule has 0 aliphatic rings. The van der Waals surface area contributed by atoms with E-state index in [1.807, 2.05) is 30.8 Å². The second-order valence-electron chi connectivity index (χ2n) is 5.31. The molecule has 0 spiro atoms. The summed E-state index contributed by atoms with van der Waals surface area (Å²) in [5.74, 6) is 1.78. The fourth-order valence-corrected chi connectivity index (χ4v) is 3.72. The van der Waals surface area contributed by atoms with Gasteiger partial charge in [-0.3, -0.25) is 0 Å². The lowest BCUT2D eigenvalue weighted by Gasteiger charge is -2.20. The fraction of sp³-hybridized carbons (Fsp3) is 0.333. The van der Waals surface area contributed by atoms with Crippen molar-refractivity contribution in [3.63, 3.8) is 0 Å². The van der Waals surface area contributed by atoms with Gasteiger partial charge < -0.3 is 9.47 Å². The molecule has 3 heterocycles. The van der Waals surface area contributed by atoms with Gasteiger partial charge in [0.2, 0.25) is 0 Å². The Morgan fingerprint density at radius 1 is 1.33 bits per heavy atom. The van der Waals surface area contributed by atoms with E-state index in [0.717, 1.165) is 39.1 Å². The molecule has 110 valence electrons. The lowest BCUT2D eigenvalue weighted by molar-refractivity contribution is 0.782. The topological polar surface area (TPSA) is 34.0 Å². The molecule has 21 heavy (non-hydrogen) atoms. The zero-order valence-electron chi connectivity index (χ0n) is 12.5. The van der Waals surface area contributed by atoms with Crippen LogP contribution in [0.15, 0.2) is 17.6 Å². The second kappa shape index (κ2) is 5.31. The number of aryl methyl sites for hydroxylation is 3. The molecular weight excluding hydrogens is 304 g/mol. The van der Waals surface area contributed by atoms with Crippen LogP contribution in [0.2, 0.25) is 5.02 Å². The van der Waals surface area contributed by atoms with Crippen molar-refractivity contribution in [1.82, 2.24) is 14.5 Å². The highest BCUT2D eigenvalue weighted by atomic mass is 35.5. The fourth-order valence-electron chi connectivity index (χ4n) is 2.48. The molecule has 0 atom stereocenters. The van der Waals surface area contributed by atoms with Crippen molar-refractivity contribution in [1.29, 1.82) is 0 Å². The Hall–Kier alpha value is -1.59. The third-order valence-electron chi connectivity index (χ3n) is 3.55. The van der Waals surface area contributed by atoms with Gasteiger partial charge in [-0.2, -0.15) is 0 Å². The van der Waals surface area contributed by atoms with E-state index in [1.165, 1.54) is 5.56 Å². The SMILES string of the molecule is Cc1nc(N(C)Cc2cc(Cl)cn2C)c2c(C)csc2n1. The van der Waals surface area contributed by atoms with Crippen LogP contribution in [0.5, 0.6) is 0 Å². The van der Waals surface area contributed by atoms with Crippen LogP contribution >= 0.6 is 22.9 Å². The number of fused-ring (bicyclic) bond motifs is 1. The molecule has 0 aromatic carbocycles. The molecule has 0 saturated carbocycles. The van der Waals surface area contributed by atoms with Gasteiger partial charge in [0.05, 0.1) is 17.0 Å². The van der Waals surface area contributed by atoms with E-state index >= 15 is 0 Å². The molecule has 0 fully saturated rings. The summed E-state index contributed by atoms with van der Waals surface area (Å²) in [6.07, 6.45) is 1.92. The normalized spacial score (nSPS) is 11.3. The van der Waals surface area contributed by atoms with Crippen molar-refractivity contribution in [3.05, 3.63) is 39.7 Å². The number of hydrogen-bond acceptors (Lipinski definition) is 4. The molecule has 3 aromatic rings. The Morgan fingerprint density at radius 2 is 2.10 bits per heavy atom. The molecule has 0 bridgehead atoms. The molecule has 6 heteroatoms. The van der Waals surface area contributed by atoms with Crippen molar-refractivity contribution >= 4 is 39.0 Å². The van der Waals surface area contributed by atoms with E-state index in [1.54, 1.807) is 11.3 Å². The smallest absolute Gasteiger partial charge is 0.141 e. The molecule has 0 radical (unpaired) electrons. The van der Waals surface area contributed by atoms with E-state index in [0.29, 0.717) is 0 Å². The van der Waals surface area contributed by atoms with Crippen molar-refractivity contribution in [2.45, 2.75) is 20.4 Å². The predicted octanol–water partition coefficient (Wildman–Crippen LogP) is 3.94. The van der Waals surface area contributed by atoms with E-state index in [-0.39, 0.29) is 0 Å². The summed E-state index contributed by atoms with van der Waals surface area (Å²) in [6, 6.07) is 1.99. The summed E-state index contributed by atoms with van der Waals surface area (Å²) in [4.78, 5) is 12.4. The molecule has 0 saturated heterocycles. The standard InChI is InChI=1S/C15H17ClN4S/c1-9-8-21-15-13(9)14(17-10(2)18-15)20(4)7-12-5-11(16)6-19(12)3/h5-6,8H,7H2,1-4H3. The Bertz CT molecular complexity index is 805.